The molecule has 1 aliphatic rings. The van der Waals surface area contributed by atoms with E-state index in [1.165, 1.54) is 21.2 Å². The van der Waals surface area contributed by atoms with E-state index in [9.17, 15) is 0 Å². The Bertz CT molecular complexity index is 552. The summed E-state index contributed by atoms with van der Waals surface area (Å²) < 4.78 is 0. The first-order valence-electron chi connectivity index (χ1n) is 6.80. The lowest BCUT2D eigenvalue weighted by molar-refractivity contribution is 0.401. The molecule has 0 saturated heterocycles. The Balaban J connectivity index is 1.91. The molecule has 1 N–H and O–H groups in total. The van der Waals surface area contributed by atoms with Crippen molar-refractivity contribution in [1.82, 2.24) is 10.3 Å². The fourth-order valence-corrected chi connectivity index (χ4v) is 3.32. The number of hydrogen-bond acceptors (Lipinski definition) is 4. The van der Waals surface area contributed by atoms with E-state index in [0.717, 1.165) is 13.1 Å². The number of hydrogen-bond donors (Lipinski definition) is 1. The van der Waals surface area contributed by atoms with Crippen LogP contribution in [0.1, 0.15) is 0 Å². The molecule has 104 valence electrons. The highest BCUT2D eigenvalue weighted by Crippen LogP contribution is 2.46. The SMILES string of the molecule is CN(C)CCNN1c2ccccc2Sc2ccccc21. The summed E-state index contributed by atoms with van der Waals surface area (Å²) >= 11 is 1.83. The second-order valence-corrected chi connectivity index (χ2v) is 6.17. The fourth-order valence-electron chi connectivity index (χ4n) is 2.26. The minimum atomic E-state index is 0.917. The summed E-state index contributed by atoms with van der Waals surface area (Å²) in [5.74, 6) is 0. The molecule has 2 aromatic rings. The normalized spacial score (nSPS) is 13.2. The van der Waals surface area contributed by atoms with E-state index in [1.807, 2.05) is 11.8 Å². The van der Waals surface area contributed by atoms with E-state index in [0.29, 0.717) is 0 Å². The van der Waals surface area contributed by atoms with Gasteiger partial charge in [0.15, 0.2) is 0 Å². The number of rotatable bonds is 4. The lowest BCUT2D eigenvalue weighted by atomic mass is 10.2. The second kappa shape index (κ2) is 5.87. The van der Waals surface area contributed by atoms with Crippen LogP contribution in [0.4, 0.5) is 11.4 Å². The molecule has 1 aliphatic heterocycles. The maximum atomic E-state index is 3.54. The first-order valence-corrected chi connectivity index (χ1v) is 7.61. The van der Waals surface area contributed by atoms with Gasteiger partial charge in [0.25, 0.3) is 0 Å². The van der Waals surface area contributed by atoms with Crippen molar-refractivity contribution in [2.24, 2.45) is 0 Å². The van der Waals surface area contributed by atoms with Crippen LogP contribution in [0.2, 0.25) is 0 Å². The van der Waals surface area contributed by atoms with E-state index in [4.69, 9.17) is 0 Å². The van der Waals surface area contributed by atoms with Gasteiger partial charge >= 0.3 is 0 Å². The van der Waals surface area contributed by atoms with E-state index in [2.05, 4.69) is 78.0 Å². The van der Waals surface area contributed by atoms with Gasteiger partial charge in [0, 0.05) is 22.9 Å². The quantitative estimate of drug-likeness (QED) is 0.928. The number of anilines is 2. The van der Waals surface area contributed by atoms with Crippen molar-refractivity contribution in [2.75, 3.05) is 32.2 Å². The Morgan fingerprint density at radius 2 is 1.50 bits per heavy atom. The molecule has 0 fully saturated rings. The maximum Gasteiger partial charge on any atom is 0.0717 e. The number of fused-ring (bicyclic) bond motifs is 2. The molecule has 0 amide bonds. The van der Waals surface area contributed by atoms with Crippen LogP contribution in [0.25, 0.3) is 0 Å². The van der Waals surface area contributed by atoms with Crippen molar-refractivity contribution in [3.8, 4) is 0 Å². The Morgan fingerprint density at radius 1 is 0.950 bits per heavy atom. The van der Waals surface area contributed by atoms with Crippen LogP contribution in [-0.2, 0) is 0 Å². The maximum absolute atomic E-state index is 3.54. The Kier molecular flexibility index (Phi) is 3.96. The van der Waals surface area contributed by atoms with Crippen molar-refractivity contribution >= 4 is 23.1 Å². The van der Waals surface area contributed by atoms with Gasteiger partial charge in [-0.15, -0.1) is 0 Å². The van der Waals surface area contributed by atoms with Gasteiger partial charge in [0.1, 0.15) is 0 Å². The first kappa shape index (κ1) is 13.5. The molecule has 2 aromatic carbocycles. The average Bonchev–Trinajstić information content (AvgIpc) is 2.46. The molecule has 0 spiro atoms. The second-order valence-electron chi connectivity index (χ2n) is 5.08. The fraction of sp³-hybridized carbons (Fsp3) is 0.250. The molecule has 0 radical (unpaired) electrons. The van der Waals surface area contributed by atoms with Gasteiger partial charge in [-0.05, 0) is 38.4 Å². The Labute approximate surface area is 124 Å². The molecule has 3 nitrogen and oxygen atoms in total. The molecule has 0 bridgehead atoms. The van der Waals surface area contributed by atoms with Gasteiger partial charge in [0.05, 0.1) is 11.4 Å². The Hall–Kier alpha value is -1.49. The topological polar surface area (TPSA) is 18.5 Å². The number of para-hydroxylation sites is 2. The minimum Gasteiger partial charge on any atom is -0.308 e. The summed E-state index contributed by atoms with van der Waals surface area (Å²) in [6, 6.07) is 17.1. The van der Waals surface area contributed by atoms with Gasteiger partial charge in [-0.3, -0.25) is 5.01 Å². The number of hydrazine groups is 1. The zero-order valence-corrected chi connectivity index (χ0v) is 12.7. The van der Waals surface area contributed by atoms with Crippen LogP contribution < -0.4 is 10.4 Å². The predicted octanol–water partition coefficient (Wildman–Crippen LogP) is 3.36. The van der Waals surface area contributed by atoms with Gasteiger partial charge < -0.3 is 4.90 Å². The van der Waals surface area contributed by atoms with Crippen molar-refractivity contribution in [2.45, 2.75) is 9.79 Å². The van der Waals surface area contributed by atoms with Crippen molar-refractivity contribution in [3.05, 3.63) is 48.5 Å². The van der Waals surface area contributed by atoms with Crippen LogP contribution in [0, 0.1) is 0 Å². The number of nitrogens with zero attached hydrogens (tertiary/aromatic N) is 2. The highest BCUT2D eigenvalue weighted by molar-refractivity contribution is 7.99. The van der Waals surface area contributed by atoms with Gasteiger partial charge in [-0.25, -0.2) is 5.43 Å². The summed E-state index contributed by atoms with van der Waals surface area (Å²) in [6.07, 6.45) is 0. The van der Waals surface area contributed by atoms with Crippen molar-refractivity contribution in [1.29, 1.82) is 0 Å². The molecular formula is C16H19N3S. The molecule has 0 aliphatic carbocycles. The van der Waals surface area contributed by atoms with Gasteiger partial charge in [-0.2, -0.15) is 0 Å². The largest absolute Gasteiger partial charge is 0.308 e. The van der Waals surface area contributed by atoms with E-state index in [1.54, 1.807) is 0 Å². The highest BCUT2D eigenvalue weighted by Gasteiger charge is 2.22. The van der Waals surface area contributed by atoms with E-state index >= 15 is 0 Å². The molecule has 0 unspecified atom stereocenters. The van der Waals surface area contributed by atoms with Crippen LogP contribution in [0.15, 0.2) is 58.3 Å². The van der Waals surface area contributed by atoms with E-state index in [-0.39, 0.29) is 0 Å². The molecule has 0 aromatic heterocycles. The third kappa shape index (κ3) is 2.68. The molecule has 3 rings (SSSR count). The lowest BCUT2D eigenvalue weighted by Gasteiger charge is -2.33. The summed E-state index contributed by atoms with van der Waals surface area (Å²) in [4.78, 5) is 4.77. The highest BCUT2D eigenvalue weighted by atomic mass is 32.2. The third-order valence-electron chi connectivity index (χ3n) is 3.26. The monoisotopic (exact) mass is 285 g/mol. The zero-order chi connectivity index (χ0) is 13.9. The Morgan fingerprint density at radius 3 is 2.05 bits per heavy atom. The molecular weight excluding hydrogens is 266 g/mol. The number of benzene rings is 2. The van der Waals surface area contributed by atoms with Crippen molar-refractivity contribution < 1.29 is 0 Å². The summed E-state index contributed by atoms with van der Waals surface area (Å²) in [5.41, 5.74) is 6.01. The van der Waals surface area contributed by atoms with Crippen LogP contribution in [0.3, 0.4) is 0 Å². The number of nitrogens with one attached hydrogen (secondary N) is 1. The first-order chi connectivity index (χ1) is 9.75. The van der Waals surface area contributed by atoms with Crippen LogP contribution in [0.5, 0.6) is 0 Å². The van der Waals surface area contributed by atoms with Crippen molar-refractivity contribution in [3.63, 3.8) is 0 Å². The number of likely N-dealkylation sites (N-methyl/N-ethyl adjacent to an activating group) is 1. The summed E-state index contributed by atoms with van der Waals surface area (Å²) in [5, 5.41) is 2.21. The minimum absolute atomic E-state index is 0.917. The standard InChI is InChI=1S/C16H19N3S/c1-18(2)12-11-17-19-13-7-3-5-9-15(13)20-16-10-6-4-8-14(16)19/h3-10,17H,11-12H2,1-2H3. The van der Waals surface area contributed by atoms with E-state index < -0.39 is 0 Å². The van der Waals surface area contributed by atoms with Crippen LogP contribution >= 0.6 is 11.8 Å². The summed E-state index contributed by atoms with van der Waals surface area (Å²) in [6.45, 7) is 1.92. The summed E-state index contributed by atoms with van der Waals surface area (Å²) in [7, 11) is 4.19. The molecule has 20 heavy (non-hydrogen) atoms. The predicted molar refractivity (Wildman–Crippen MR) is 85.7 cm³/mol. The molecule has 0 saturated carbocycles. The molecule has 0 atom stereocenters. The molecule has 1 heterocycles. The molecule has 4 heteroatoms. The van der Waals surface area contributed by atoms with Gasteiger partial charge in [0.2, 0.25) is 0 Å². The third-order valence-corrected chi connectivity index (χ3v) is 4.39. The smallest absolute Gasteiger partial charge is 0.0717 e. The zero-order valence-electron chi connectivity index (χ0n) is 11.8. The van der Waals surface area contributed by atoms with Gasteiger partial charge in [-0.1, -0.05) is 36.0 Å². The average molecular weight is 285 g/mol. The van der Waals surface area contributed by atoms with Crippen LogP contribution in [-0.4, -0.2) is 32.1 Å². The lowest BCUT2D eigenvalue weighted by Crippen LogP contribution is -2.39.